The third kappa shape index (κ3) is 3.06. The Kier molecular flexibility index (Phi) is 4.40. The van der Waals surface area contributed by atoms with E-state index in [1.54, 1.807) is 23.0 Å². The fraction of sp³-hybridized carbons (Fsp3) is 0.111. The summed E-state index contributed by atoms with van der Waals surface area (Å²) >= 11 is 1.49. The van der Waals surface area contributed by atoms with Gasteiger partial charge in [-0.3, -0.25) is 0 Å². The van der Waals surface area contributed by atoms with E-state index in [0.29, 0.717) is 11.5 Å². The number of carbonyl (C=O) groups excluding carboxylic acids is 1. The van der Waals surface area contributed by atoms with E-state index < -0.39 is 5.97 Å². The normalized spacial score (nSPS) is 11.0. The maximum atomic E-state index is 11.5. The Morgan fingerprint density at radius 1 is 1.19 bits per heavy atom. The van der Waals surface area contributed by atoms with E-state index in [-0.39, 0.29) is 5.76 Å². The molecule has 0 saturated carbocycles. The summed E-state index contributed by atoms with van der Waals surface area (Å²) in [7, 11) is 1.32. The van der Waals surface area contributed by atoms with Crippen molar-refractivity contribution < 1.29 is 13.9 Å². The lowest BCUT2D eigenvalue weighted by Crippen LogP contribution is -1.98. The fourth-order valence-corrected chi connectivity index (χ4v) is 3.36. The molecule has 130 valence electrons. The molecule has 3 aromatic heterocycles. The highest BCUT2D eigenvalue weighted by molar-refractivity contribution is 7.98. The number of ether oxygens (including phenoxy) is 1. The van der Waals surface area contributed by atoms with Crippen molar-refractivity contribution >= 4 is 28.8 Å². The average molecular weight is 366 g/mol. The van der Waals surface area contributed by atoms with Gasteiger partial charge in [0.2, 0.25) is 5.76 Å². The number of furan rings is 1. The van der Waals surface area contributed by atoms with Gasteiger partial charge >= 0.3 is 5.97 Å². The monoisotopic (exact) mass is 366 g/mol. The standard InChI is InChI=1S/C18H14N4O3S/c1-24-18(23)15-8-7-13(25-15)10-26-17-14-9-21-22(16(14)19-11-20-17)12-5-3-2-4-6-12/h2-9,11H,10H2,1H3. The zero-order valence-corrected chi connectivity index (χ0v) is 14.6. The number of aromatic nitrogens is 4. The molecule has 0 amide bonds. The van der Waals surface area contributed by atoms with Gasteiger partial charge in [-0.2, -0.15) is 5.10 Å². The molecule has 0 atom stereocenters. The van der Waals surface area contributed by atoms with Gasteiger partial charge in [0.15, 0.2) is 5.65 Å². The lowest BCUT2D eigenvalue weighted by Gasteiger charge is -2.03. The molecule has 3 heterocycles. The van der Waals surface area contributed by atoms with E-state index >= 15 is 0 Å². The van der Waals surface area contributed by atoms with Crippen molar-refractivity contribution in [2.75, 3.05) is 7.11 Å². The quantitative estimate of drug-likeness (QED) is 0.304. The smallest absolute Gasteiger partial charge is 0.373 e. The molecule has 0 radical (unpaired) electrons. The Morgan fingerprint density at radius 3 is 2.85 bits per heavy atom. The number of para-hydroxylation sites is 1. The van der Waals surface area contributed by atoms with Crippen LogP contribution in [0.2, 0.25) is 0 Å². The number of nitrogens with zero attached hydrogens (tertiary/aromatic N) is 4. The number of fused-ring (bicyclic) bond motifs is 1. The summed E-state index contributed by atoms with van der Waals surface area (Å²) in [5.41, 5.74) is 1.68. The van der Waals surface area contributed by atoms with Crippen molar-refractivity contribution in [3.05, 3.63) is 66.5 Å². The van der Waals surface area contributed by atoms with E-state index in [4.69, 9.17) is 4.42 Å². The van der Waals surface area contributed by atoms with Gasteiger partial charge in [-0.05, 0) is 24.3 Å². The molecular weight excluding hydrogens is 352 g/mol. The molecule has 0 N–H and O–H groups in total. The van der Waals surface area contributed by atoms with Crippen molar-refractivity contribution in [2.45, 2.75) is 10.8 Å². The molecule has 4 rings (SSSR count). The van der Waals surface area contributed by atoms with Crippen LogP contribution in [0.4, 0.5) is 0 Å². The molecule has 7 nitrogen and oxygen atoms in total. The van der Waals surface area contributed by atoms with Crippen molar-refractivity contribution in [3.63, 3.8) is 0 Å². The van der Waals surface area contributed by atoms with E-state index in [1.807, 2.05) is 30.3 Å². The highest BCUT2D eigenvalue weighted by Gasteiger charge is 2.14. The van der Waals surface area contributed by atoms with Crippen LogP contribution in [-0.4, -0.2) is 32.8 Å². The van der Waals surface area contributed by atoms with Gasteiger partial charge in [0.25, 0.3) is 0 Å². The van der Waals surface area contributed by atoms with Crippen LogP contribution < -0.4 is 0 Å². The van der Waals surface area contributed by atoms with Crippen molar-refractivity contribution in [1.82, 2.24) is 19.7 Å². The summed E-state index contributed by atoms with van der Waals surface area (Å²) in [5, 5.41) is 6.10. The summed E-state index contributed by atoms with van der Waals surface area (Å²) < 4.78 is 11.9. The second kappa shape index (κ2) is 7.01. The van der Waals surface area contributed by atoms with Crippen LogP contribution in [0, 0.1) is 0 Å². The molecule has 0 aliphatic heterocycles. The zero-order valence-electron chi connectivity index (χ0n) is 13.8. The fourth-order valence-electron chi connectivity index (χ4n) is 2.50. The summed E-state index contributed by atoms with van der Waals surface area (Å²) in [4.78, 5) is 20.2. The lowest BCUT2D eigenvalue weighted by molar-refractivity contribution is 0.0563. The van der Waals surface area contributed by atoms with Crippen LogP contribution in [0.5, 0.6) is 0 Å². The van der Waals surface area contributed by atoms with E-state index in [9.17, 15) is 4.79 Å². The van der Waals surface area contributed by atoms with Gasteiger partial charge in [-0.15, -0.1) is 0 Å². The zero-order chi connectivity index (χ0) is 17.9. The summed E-state index contributed by atoms with van der Waals surface area (Å²) in [6, 6.07) is 13.2. The molecule has 0 unspecified atom stereocenters. The second-order valence-corrected chi connectivity index (χ2v) is 6.32. The minimum Gasteiger partial charge on any atom is -0.463 e. The summed E-state index contributed by atoms with van der Waals surface area (Å²) in [6.07, 6.45) is 3.28. The maximum absolute atomic E-state index is 11.5. The molecular formula is C18H14N4O3S. The molecule has 8 heteroatoms. The number of carbonyl (C=O) groups is 1. The van der Waals surface area contributed by atoms with Crippen LogP contribution in [0.3, 0.4) is 0 Å². The Labute approximate surface area is 153 Å². The van der Waals surface area contributed by atoms with Gasteiger partial charge in [0.1, 0.15) is 17.1 Å². The van der Waals surface area contributed by atoms with Gasteiger partial charge in [0.05, 0.1) is 30.1 Å². The predicted molar refractivity (Wildman–Crippen MR) is 96.3 cm³/mol. The second-order valence-electron chi connectivity index (χ2n) is 5.35. The van der Waals surface area contributed by atoms with Crippen LogP contribution in [0.25, 0.3) is 16.7 Å². The lowest BCUT2D eigenvalue weighted by atomic mass is 10.3. The SMILES string of the molecule is COC(=O)c1ccc(CSc2ncnc3c2cnn3-c2ccccc2)o1. The number of hydrogen-bond donors (Lipinski definition) is 0. The first-order valence-electron chi connectivity index (χ1n) is 7.80. The molecule has 0 aliphatic rings. The van der Waals surface area contributed by atoms with Crippen molar-refractivity contribution in [3.8, 4) is 5.69 Å². The Balaban J connectivity index is 1.59. The molecule has 26 heavy (non-hydrogen) atoms. The van der Waals surface area contributed by atoms with Gasteiger partial charge in [-0.1, -0.05) is 30.0 Å². The molecule has 0 spiro atoms. The van der Waals surface area contributed by atoms with Gasteiger partial charge in [0, 0.05) is 0 Å². The number of rotatable bonds is 5. The van der Waals surface area contributed by atoms with E-state index in [1.165, 1.54) is 25.2 Å². The number of thioether (sulfide) groups is 1. The molecule has 0 aliphatic carbocycles. The summed E-state index contributed by atoms with van der Waals surface area (Å²) in [5.74, 6) is 0.889. The minimum atomic E-state index is -0.491. The van der Waals surface area contributed by atoms with Gasteiger partial charge < -0.3 is 9.15 Å². The van der Waals surface area contributed by atoms with Crippen LogP contribution >= 0.6 is 11.8 Å². The first-order valence-corrected chi connectivity index (χ1v) is 8.79. The van der Waals surface area contributed by atoms with Crippen LogP contribution in [-0.2, 0) is 10.5 Å². The van der Waals surface area contributed by atoms with Gasteiger partial charge in [-0.25, -0.2) is 19.4 Å². The molecule has 0 fully saturated rings. The Bertz CT molecular complexity index is 1060. The highest BCUT2D eigenvalue weighted by Crippen LogP contribution is 2.28. The van der Waals surface area contributed by atoms with E-state index in [0.717, 1.165) is 21.7 Å². The van der Waals surface area contributed by atoms with Crippen LogP contribution in [0.15, 0.2) is 64.4 Å². The number of esters is 1. The first-order chi connectivity index (χ1) is 12.8. The maximum Gasteiger partial charge on any atom is 0.373 e. The highest BCUT2D eigenvalue weighted by atomic mass is 32.2. The van der Waals surface area contributed by atoms with Crippen LogP contribution in [0.1, 0.15) is 16.3 Å². The molecule has 1 aromatic carbocycles. The minimum absolute atomic E-state index is 0.188. The Hall–Kier alpha value is -3.13. The third-order valence-electron chi connectivity index (χ3n) is 3.73. The largest absolute Gasteiger partial charge is 0.463 e. The number of methoxy groups -OCH3 is 1. The molecule has 0 saturated heterocycles. The summed E-state index contributed by atoms with van der Waals surface area (Å²) in [6.45, 7) is 0. The topological polar surface area (TPSA) is 83.0 Å². The third-order valence-corrected chi connectivity index (χ3v) is 4.76. The molecule has 4 aromatic rings. The molecule has 0 bridgehead atoms. The average Bonchev–Trinajstić information content (AvgIpc) is 3.34. The number of hydrogen-bond acceptors (Lipinski definition) is 7. The number of benzene rings is 1. The Morgan fingerprint density at radius 2 is 2.04 bits per heavy atom. The van der Waals surface area contributed by atoms with Crippen molar-refractivity contribution in [2.24, 2.45) is 0 Å². The first kappa shape index (κ1) is 16.3. The predicted octanol–water partition coefficient (Wildman–Crippen LogP) is 3.49. The van der Waals surface area contributed by atoms with Crippen molar-refractivity contribution in [1.29, 1.82) is 0 Å². The van der Waals surface area contributed by atoms with E-state index in [2.05, 4.69) is 19.8 Å².